The largest absolute Gasteiger partial charge is 0.328 e. The van der Waals surface area contributed by atoms with Gasteiger partial charge in [0.15, 0.2) is 0 Å². The Morgan fingerprint density at radius 1 is 1.30 bits per heavy atom. The van der Waals surface area contributed by atoms with E-state index in [9.17, 15) is 4.39 Å². The number of imidazole rings is 1. The molecular weight excluding hydrogens is 253 g/mol. The lowest BCUT2D eigenvalue weighted by Crippen LogP contribution is -2.41. The highest BCUT2D eigenvalue weighted by Crippen LogP contribution is 2.37. The van der Waals surface area contributed by atoms with E-state index in [1.165, 1.54) is 6.07 Å². The summed E-state index contributed by atoms with van der Waals surface area (Å²) in [5, 5.41) is 3.43. The van der Waals surface area contributed by atoms with Gasteiger partial charge in [-0.1, -0.05) is 6.92 Å². The number of rotatable bonds is 3. The molecule has 3 nitrogen and oxygen atoms in total. The van der Waals surface area contributed by atoms with Crippen LogP contribution in [0.3, 0.4) is 0 Å². The number of hydrogen-bond acceptors (Lipinski definition) is 2. The van der Waals surface area contributed by atoms with Crippen LogP contribution in [-0.4, -0.2) is 22.6 Å². The van der Waals surface area contributed by atoms with Crippen LogP contribution in [0.5, 0.6) is 0 Å². The van der Waals surface area contributed by atoms with Crippen molar-refractivity contribution in [3.8, 4) is 0 Å². The summed E-state index contributed by atoms with van der Waals surface area (Å²) in [6, 6.07) is 4.91. The number of fused-ring (bicyclic) bond motifs is 1. The number of hydrogen-bond donors (Lipinski definition) is 1. The second kappa shape index (κ2) is 5.17. The first-order chi connectivity index (χ1) is 9.70. The summed E-state index contributed by atoms with van der Waals surface area (Å²) in [6.45, 7) is 7.26. The third-order valence-electron chi connectivity index (χ3n) is 4.74. The lowest BCUT2D eigenvalue weighted by molar-refractivity contribution is 0.275. The number of benzene rings is 1. The second-order valence-electron chi connectivity index (χ2n) is 5.70. The molecule has 20 heavy (non-hydrogen) atoms. The van der Waals surface area contributed by atoms with Crippen LogP contribution in [-0.2, 0) is 12.0 Å². The Kier molecular flexibility index (Phi) is 3.50. The summed E-state index contributed by atoms with van der Waals surface area (Å²) in [5.41, 5.74) is 1.97. The molecule has 1 aliphatic heterocycles. The molecule has 1 N–H and O–H groups in total. The molecule has 0 unspecified atom stereocenters. The first kappa shape index (κ1) is 13.6. The predicted molar refractivity (Wildman–Crippen MR) is 79.4 cm³/mol. The topological polar surface area (TPSA) is 29.9 Å². The van der Waals surface area contributed by atoms with Crippen molar-refractivity contribution >= 4 is 11.0 Å². The molecule has 108 valence electrons. The van der Waals surface area contributed by atoms with Crippen LogP contribution in [0.2, 0.25) is 0 Å². The quantitative estimate of drug-likeness (QED) is 0.932. The lowest BCUT2D eigenvalue weighted by atomic mass is 9.76. The second-order valence-corrected chi connectivity index (χ2v) is 5.70. The van der Waals surface area contributed by atoms with E-state index in [-0.39, 0.29) is 11.2 Å². The van der Waals surface area contributed by atoms with Crippen LogP contribution in [0.25, 0.3) is 11.0 Å². The Hall–Kier alpha value is -1.42. The zero-order valence-corrected chi connectivity index (χ0v) is 12.2. The molecule has 0 spiro atoms. The Balaban J connectivity index is 2.19. The molecule has 0 radical (unpaired) electrons. The molecule has 1 aromatic carbocycles. The normalized spacial score (nSPS) is 18.6. The summed E-state index contributed by atoms with van der Waals surface area (Å²) < 4.78 is 15.7. The van der Waals surface area contributed by atoms with Gasteiger partial charge in [-0.15, -0.1) is 0 Å². The molecule has 4 heteroatoms. The van der Waals surface area contributed by atoms with Crippen LogP contribution in [0, 0.1) is 5.82 Å². The molecule has 2 heterocycles. The van der Waals surface area contributed by atoms with Crippen molar-refractivity contribution in [2.75, 3.05) is 13.1 Å². The van der Waals surface area contributed by atoms with Crippen molar-refractivity contribution in [2.45, 2.75) is 45.1 Å². The third-order valence-corrected chi connectivity index (χ3v) is 4.74. The fourth-order valence-electron chi connectivity index (χ4n) is 3.46. The standard InChI is InChI=1S/C16H22FN3/c1-3-16(7-9-18-10-8-16)15-19-13-6-5-12(17)11-14(13)20(15)4-2/h5-6,11,18H,3-4,7-10H2,1-2H3. The van der Waals surface area contributed by atoms with Crippen LogP contribution in [0.15, 0.2) is 18.2 Å². The summed E-state index contributed by atoms with van der Waals surface area (Å²) in [5.74, 6) is 0.958. The van der Waals surface area contributed by atoms with Gasteiger partial charge in [0.05, 0.1) is 11.0 Å². The van der Waals surface area contributed by atoms with Gasteiger partial charge in [-0.3, -0.25) is 0 Å². The summed E-state index contributed by atoms with van der Waals surface area (Å²) in [4.78, 5) is 4.86. The maximum Gasteiger partial charge on any atom is 0.125 e. The van der Waals surface area contributed by atoms with Crippen molar-refractivity contribution in [3.63, 3.8) is 0 Å². The monoisotopic (exact) mass is 275 g/mol. The lowest BCUT2D eigenvalue weighted by Gasteiger charge is -2.36. The molecular formula is C16H22FN3. The summed E-state index contributed by atoms with van der Waals surface area (Å²) >= 11 is 0. The van der Waals surface area contributed by atoms with Gasteiger partial charge in [0.25, 0.3) is 0 Å². The van der Waals surface area contributed by atoms with Gasteiger partial charge in [0.2, 0.25) is 0 Å². The molecule has 0 saturated carbocycles. The SMILES string of the molecule is CCn1c(C2(CC)CCNCC2)nc2ccc(F)cc21. The number of aromatic nitrogens is 2. The number of nitrogens with zero attached hydrogens (tertiary/aromatic N) is 2. The molecule has 1 fully saturated rings. The molecule has 0 amide bonds. The van der Waals surface area contributed by atoms with Crippen molar-refractivity contribution in [3.05, 3.63) is 29.8 Å². The molecule has 0 aliphatic carbocycles. The van der Waals surface area contributed by atoms with Crippen LogP contribution in [0.1, 0.15) is 38.9 Å². The highest BCUT2D eigenvalue weighted by molar-refractivity contribution is 5.76. The van der Waals surface area contributed by atoms with Crippen LogP contribution < -0.4 is 5.32 Å². The molecule has 0 atom stereocenters. The van der Waals surface area contributed by atoms with E-state index in [0.717, 1.165) is 55.8 Å². The zero-order valence-electron chi connectivity index (χ0n) is 12.2. The minimum atomic E-state index is -0.186. The Bertz CT molecular complexity index is 611. The molecule has 2 aromatic rings. The van der Waals surface area contributed by atoms with Crippen molar-refractivity contribution in [1.29, 1.82) is 0 Å². The average Bonchev–Trinajstić information content (AvgIpc) is 2.86. The first-order valence-corrected chi connectivity index (χ1v) is 7.57. The van der Waals surface area contributed by atoms with Crippen LogP contribution >= 0.6 is 0 Å². The molecule has 0 bridgehead atoms. The van der Waals surface area contributed by atoms with Gasteiger partial charge in [0.1, 0.15) is 11.6 Å². The van der Waals surface area contributed by atoms with Gasteiger partial charge in [-0.25, -0.2) is 9.37 Å². The van der Waals surface area contributed by atoms with Gasteiger partial charge in [-0.2, -0.15) is 0 Å². The average molecular weight is 275 g/mol. The first-order valence-electron chi connectivity index (χ1n) is 7.57. The molecule has 1 aromatic heterocycles. The highest BCUT2D eigenvalue weighted by atomic mass is 19.1. The molecule has 1 saturated heterocycles. The minimum Gasteiger partial charge on any atom is -0.328 e. The van der Waals surface area contributed by atoms with E-state index in [1.54, 1.807) is 12.1 Å². The number of aryl methyl sites for hydroxylation is 1. The van der Waals surface area contributed by atoms with Gasteiger partial charge >= 0.3 is 0 Å². The van der Waals surface area contributed by atoms with Gasteiger partial charge in [0, 0.05) is 12.0 Å². The smallest absolute Gasteiger partial charge is 0.125 e. The Labute approximate surface area is 119 Å². The van der Waals surface area contributed by atoms with Gasteiger partial charge in [-0.05, 0) is 57.5 Å². The van der Waals surface area contributed by atoms with E-state index >= 15 is 0 Å². The summed E-state index contributed by atoms with van der Waals surface area (Å²) in [7, 11) is 0. The maximum atomic E-state index is 13.5. The number of piperidine rings is 1. The van der Waals surface area contributed by atoms with E-state index < -0.39 is 0 Å². The van der Waals surface area contributed by atoms with E-state index in [2.05, 4.69) is 23.7 Å². The Morgan fingerprint density at radius 2 is 2.05 bits per heavy atom. The highest BCUT2D eigenvalue weighted by Gasteiger charge is 2.36. The maximum absolute atomic E-state index is 13.5. The zero-order chi connectivity index (χ0) is 14.2. The minimum absolute atomic E-state index is 0.136. The number of nitrogens with one attached hydrogen (secondary N) is 1. The predicted octanol–water partition coefficient (Wildman–Crippen LogP) is 3.23. The van der Waals surface area contributed by atoms with Crippen molar-refractivity contribution < 1.29 is 4.39 Å². The van der Waals surface area contributed by atoms with Crippen molar-refractivity contribution in [1.82, 2.24) is 14.9 Å². The third kappa shape index (κ3) is 2.03. The van der Waals surface area contributed by atoms with Crippen molar-refractivity contribution in [2.24, 2.45) is 0 Å². The fraction of sp³-hybridized carbons (Fsp3) is 0.562. The molecule has 1 aliphatic rings. The fourth-order valence-corrected chi connectivity index (χ4v) is 3.46. The molecule has 3 rings (SSSR count). The van der Waals surface area contributed by atoms with E-state index in [0.29, 0.717) is 0 Å². The van der Waals surface area contributed by atoms with E-state index in [4.69, 9.17) is 4.98 Å². The van der Waals surface area contributed by atoms with E-state index in [1.807, 2.05) is 0 Å². The number of halogens is 1. The Morgan fingerprint density at radius 3 is 2.70 bits per heavy atom. The summed E-state index contributed by atoms with van der Waals surface area (Å²) in [6.07, 6.45) is 3.30. The van der Waals surface area contributed by atoms with Gasteiger partial charge < -0.3 is 9.88 Å². The van der Waals surface area contributed by atoms with Crippen LogP contribution in [0.4, 0.5) is 4.39 Å².